The van der Waals surface area contributed by atoms with Gasteiger partial charge >= 0.3 is 17.4 Å². The molecule has 0 saturated carbocycles. The maximum Gasteiger partial charge on any atom is 0.446 e. The van der Waals surface area contributed by atoms with E-state index in [9.17, 15) is 43.9 Å². The average Bonchev–Trinajstić information content (AvgIpc) is 2.20. The van der Waals surface area contributed by atoms with Gasteiger partial charge in [-0.1, -0.05) is 13.3 Å². The van der Waals surface area contributed by atoms with Crippen LogP contribution in [0.25, 0.3) is 0 Å². The maximum absolute atomic E-state index is 13.5. The molecule has 1 atom stereocenters. The summed E-state index contributed by atoms with van der Waals surface area (Å²) in [6.45, 7) is 1.17. The summed E-state index contributed by atoms with van der Waals surface area (Å²) in [4.78, 5) is 10.8. The second-order valence-electron chi connectivity index (χ2n) is 3.82. The van der Waals surface area contributed by atoms with Crippen LogP contribution in [0.3, 0.4) is 0 Å². The lowest BCUT2D eigenvalue weighted by molar-refractivity contribution is -0.306. The van der Waals surface area contributed by atoms with Gasteiger partial charge in [-0.3, -0.25) is 4.79 Å². The van der Waals surface area contributed by atoms with Crippen molar-refractivity contribution in [3.05, 3.63) is 0 Å². The molecule has 1 unspecified atom stereocenters. The Morgan fingerprint density at radius 2 is 1.40 bits per heavy atom. The minimum Gasteiger partial charge on any atom is -0.369 e. The van der Waals surface area contributed by atoms with Gasteiger partial charge in [-0.25, -0.2) is 12.8 Å². The van der Waals surface area contributed by atoms with Crippen LogP contribution < -0.4 is 5.73 Å². The number of nitrogens with two attached hydrogens (primary N) is 1. The molecular weight excluding hydrogens is 323 g/mol. The van der Waals surface area contributed by atoms with E-state index < -0.39 is 44.8 Å². The van der Waals surface area contributed by atoms with Crippen molar-refractivity contribution >= 4 is 15.7 Å². The molecule has 12 heteroatoms. The highest BCUT2D eigenvalue weighted by atomic mass is 32.2. The molecule has 0 bridgehead atoms. The molecule has 0 spiro atoms. The zero-order valence-corrected chi connectivity index (χ0v) is 10.7. The fraction of sp³-hybridized carbons (Fsp3) is 0.875. The molecule has 0 aromatic heterocycles. The molecule has 20 heavy (non-hydrogen) atoms. The fourth-order valence-corrected chi connectivity index (χ4v) is 3.28. The highest BCUT2D eigenvalue weighted by Crippen LogP contribution is 2.51. The first-order chi connectivity index (χ1) is 8.64. The number of sulfone groups is 1. The summed E-state index contributed by atoms with van der Waals surface area (Å²) >= 11 is 0. The van der Waals surface area contributed by atoms with E-state index in [2.05, 4.69) is 5.73 Å². The van der Waals surface area contributed by atoms with E-state index in [1.165, 1.54) is 6.92 Å². The molecule has 0 rings (SSSR count). The number of primary amides is 1. The normalized spacial score (nSPS) is 16.0. The largest absolute Gasteiger partial charge is 0.446 e. The Morgan fingerprint density at radius 3 is 1.60 bits per heavy atom. The van der Waals surface area contributed by atoms with Crippen LogP contribution >= 0.6 is 0 Å². The summed E-state index contributed by atoms with van der Waals surface area (Å²) in [7, 11) is -6.63. The summed E-state index contributed by atoms with van der Waals surface area (Å²) in [5.41, 5.74) is 4.47. The molecule has 0 aliphatic heterocycles. The number of hydrogen-bond donors (Lipinski definition) is 1. The van der Waals surface area contributed by atoms with Gasteiger partial charge in [0.2, 0.25) is 15.7 Å². The minimum absolute atomic E-state index is 0.293. The number of carbonyl (C=O) groups excluding carboxylic acids is 1. The van der Waals surface area contributed by atoms with Crippen molar-refractivity contribution < 1.29 is 43.9 Å². The summed E-state index contributed by atoms with van der Waals surface area (Å²) < 4.78 is 110. The van der Waals surface area contributed by atoms with Crippen LogP contribution in [-0.4, -0.2) is 36.9 Å². The van der Waals surface area contributed by atoms with Gasteiger partial charge in [0, 0.05) is 0 Å². The Labute approximate surface area is 109 Å². The Kier molecular flexibility index (Phi) is 5.08. The van der Waals surface area contributed by atoms with E-state index in [0.29, 0.717) is 0 Å². The van der Waals surface area contributed by atoms with Crippen LogP contribution in [0.15, 0.2) is 0 Å². The zero-order valence-electron chi connectivity index (χ0n) is 9.85. The predicted molar refractivity (Wildman–Crippen MR) is 52.8 cm³/mol. The first-order valence-corrected chi connectivity index (χ1v) is 6.54. The molecule has 0 heterocycles. The molecule has 0 fully saturated rings. The first-order valence-electron chi connectivity index (χ1n) is 4.99. The van der Waals surface area contributed by atoms with Gasteiger partial charge in [0.1, 0.15) is 5.25 Å². The van der Waals surface area contributed by atoms with Crippen LogP contribution in [0.2, 0.25) is 0 Å². The lowest BCUT2D eigenvalue weighted by Crippen LogP contribution is -2.62. The Bertz CT molecular complexity index is 453. The average molecular weight is 333 g/mol. The molecule has 0 aliphatic carbocycles. The van der Waals surface area contributed by atoms with Gasteiger partial charge < -0.3 is 5.73 Å². The SMILES string of the molecule is CCCC(C(N)=O)S(=O)(=O)C(F)(C(F)(F)F)C(F)(F)F. The second kappa shape index (κ2) is 5.37. The molecule has 4 nitrogen and oxygen atoms in total. The number of amides is 1. The third-order valence-electron chi connectivity index (χ3n) is 2.36. The highest BCUT2D eigenvalue weighted by molar-refractivity contribution is 7.94. The minimum atomic E-state index is -6.80. The molecule has 0 aliphatic rings. The van der Waals surface area contributed by atoms with E-state index in [4.69, 9.17) is 0 Å². The molecule has 2 N–H and O–H groups in total. The summed E-state index contributed by atoms with van der Waals surface area (Å²) in [6.07, 6.45) is -14.9. The molecule has 120 valence electrons. The topological polar surface area (TPSA) is 77.2 Å². The molecular formula is C8H10F7NO3S. The number of alkyl halides is 7. The smallest absolute Gasteiger partial charge is 0.369 e. The van der Waals surface area contributed by atoms with Gasteiger partial charge in [0.25, 0.3) is 0 Å². The van der Waals surface area contributed by atoms with Crippen LogP contribution in [0, 0.1) is 0 Å². The van der Waals surface area contributed by atoms with Crippen molar-refractivity contribution in [3.8, 4) is 0 Å². The van der Waals surface area contributed by atoms with Gasteiger partial charge in [0.05, 0.1) is 0 Å². The van der Waals surface area contributed by atoms with Crippen molar-refractivity contribution in [3.63, 3.8) is 0 Å². The van der Waals surface area contributed by atoms with Crippen LogP contribution in [-0.2, 0) is 14.6 Å². The lowest BCUT2D eigenvalue weighted by Gasteiger charge is -2.31. The Morgan fingerprint density at radius 1 is 1.05 bits per heavy atom. The summed E-state index contributed by atoms with van der Waals surface area (Å²) in [5, 5.41) is -9.48. The number of halogens is 7. The predicted octanol–water partition coefficient (Wildman–Crippen LogP) is 1.85. The van der Waals surface area contributed by atoms with Gasteiger partial charge in [0.15, 0.2) is 0 Å². The molecule has 1 amide bonds. The van der Waals surface area contributed by atoms with E-state index in [1.54, 1.807) is 0 Å². The Balaban J connectivity index is 6.27. The van der Waals surface area contributed by atoms with Crippen molar-refractivity contribution in [1.82, 2.24) is 0 Å². The van der Waals surface area contributed by atoms with Crippen molar-refractivity contribution in [1.29, 1.82) is 0 Å². The molecule has 0 aromatic carbocycles. The third kappa shape index (κ3) is 2.83. The zero-order chi connectivity index (χ0) is 16.6. The van der Waals surface area contributed by atoms with Crippen LogP contribution in [0.4, 0.5) is 30.7 Å². The van der Waals surface area contributed by atoms with Crippen molar-refractivity contribution in [2.24, 2.45) is 5.73 Å². The summed E-state index contributed by atoms with van der Waals surface area (Å²) in [6, 6.07) is 0. The van der Waals surface area contributed by atoms with E-state index in [-0.39, 0.29) is 6.42 Å². The quantitative estimate of drug-likeness (QED) is 0.780. The van der Waals surface area contributed by atoms with Gasteiger partial charge in [-0.15, -0.1) is 0 Å². The second-order valence-corrected chi connectivity index (χ2v) is 6.04. The highest BCUT2D eigenvalue weighted by Gasteiger charge is 2.81. The standard InChI is InChI=1S/C8H10F7NO3S/c1-2-3-4(5(16)17)20(18,19)6(9,7(10,11)12)8(13,14)15/h4H,2-3H2,1H3,(H2,16,17). The van der Waals surface area contributed by atoms with E-state index in [0.717, 1.165) is 0 Å². The third-order valence-corrected chi connectivity index (χ3v) is 4.83. The van der Waals surface area contributed by atoms with E-state index in [1.807, 2.05) is 0 Å². The van der Waals surface area contributed by atoms with Gasteiger partial charge in [-0.05, 0) is 6.42 Å². The number of rotatable bonds is 5. The monoisotopic (exact) mass is 333 g/mol. The molecule has 0 saturated heterocycles. The van der Waals surface area contributed by atoms with Crippen LogP contribution in [0.5, 0.6) is 0 Å². The number of hydrogen-bond acceptors (Lipinski definition) is 3. The molecule has 0 radical (unpaired) electrons. The molecule has 0 aromatic rings. The first kappa shape index (κ1) is 18.9. The maximum atomic E-state index is 13.5. The fourth-order valence-electron chi connectivity index (χ4n) is 1.39. The Hall–Kier alpha value is -1.07. The lowest BCUT2D eigenvalue weighted by atomic mass is 10.2. The van der Waals surface area contributed by atoms with E-state index >= 15 is 0 Å². The van der Waals surface area contributed by atoms with Crippen LogP contribution in [0.1, 0.15) is 19.8 Å². The van der Waals surface area contributed by atoms with Gasteiger partial charge in [-0.2, -0.15) is 26.3 Å². The number of carbonyl (C=O) groups is 1. The van der Waals surface area contributed by atoms with Crippen molar-refractivity contribution in [2.75, 3.05) is 0 Å². The van der Waals surface area contributed by atoms with Crippen molar-refractivity contribution in [2.45, 2.75) is 42.4 Å². The summed E-state index contributed by atoms with van der Waals surface area (Å²) in [5.74, 6) is -1.98.